The van der Waals surface area contributed by atoms with Gasteiger partial charge in [-0.15, -0.1) is 10.2 Å². The van der Waals surface area contributed by atoms with E-state index in [1.807, 2.05) is 18.2 Å². The first kappa shape index (κ1) is 17.9. The van der Waals surface area contributed by atoms with Gasteiger partial charge in [-0.1, -0.05) is 17.8 Å². The summed E-state index contributed by atoms with van der Waals surface area (Å²) in [6.45, 7) is 1.96. The van der Waals surface area contributed by atoms with Crippen LogP contribution in [-0.2, 0) is 15.3 Å². The number of hydrogen-bond donors (Lipinski definition) is 0. The summed E-state index contributed by atoms with van der Waals surface area (Å²) in [5.41, 5.74) is 1.71. The van der Waals surface area contributed by atoms with E-state index in [1.165, 1.54) is 11.8 Å². The number of benzene rings is 1. The van der Waals surface area contributed by atoms with Crippen molar-refractivity contribution in [1.29, 1.82) is 0 Å². The Morgan fingerprint density at radius 1 is 1.15 bits per heavy atom. The molecular weight excluding hydrogens is 354 g/mol. The van der Waals surface area contributed by atoms with Crippen LogP contribution in [0.3, 0.4) is 0 Å². The van der Waals surface area contributed by atoms with Crippen LogP contribution in [-0.4, -0.2) is 34.4 Å². The van der Waals surface area contributed by atoms with Crippen molar-refractivity contribution >= 4 is 17.7 Å². The molecule has 26 heavy (non-hydrogen) atoms. The molecule has 0 atom stereocenters. The summed E-state index contributed by atoms with van der Waals surface area (Å²) in [5, 5.41) is 8.57. The van der Waals surface area contributed by atoms with Gasteiger partial charge in [-0.3, -0.25) is 4.98 Å². The third-order valence-electron chi connectivity index (χ3n) is 3.24. The first-order valence-electron chi connectivity index (χ1n) is 7.99. The molecule has 2 aromatic heterocycles. The van der Waals surface area contributed by atoms with E-state index in [1.54, 1.807) is 37.4 Å². The zero-order valence-electron chi connectivity index (χ0n) is 14.1. The molecule has 0 unspecified atom stereocenters. The fourth-order valence-corrected chi connectivity index (χ4v) is 2.72. The van der Waals surface area contributed by atoms with Crippen molar-refractivity contribution in [1.82, 2.24) is 15.2 Å². The standard InChI is InChI=1S/C18H17N3O4S/c1-2-23-16(22)11-24-15-8-6-13(7-9-15)17-20-21-18(25-17)26-12-14-5-3-4-10-19-14/h3-10H,2,11-12H2,1H3. The van der Waals surface area contributed by atoms with Crippen LogP contribution in [0, 0.1) is 0 Å². The highest BCUT2D eigenvalue weighted by Crippen LogP contribution is 2.26. The molecule has 7 nitrogen and oxygen atoms in total. The molecule has 134 valence electrons. The van der Waals surface area contributed by atoms with E-state index >= 15 is 0 Å². The number of rotatable bonds is 8. The molecule has 0 saturated heterocycles. The van der Waals surface area contributed by atoms with Crippen molar-refractivity contribution in [2.24, 2.45) is 0 Å². The maximum Gasteiger partial charge on any atom is 0.344 e. The zero-order chi connectivity index (χ0) is 18.2. The second-order valence-corrected chi connectivity index (χ2v) is 6.03. The van der Waals surface area contributed by atoms with Gasteiger partial charge in [-0.05, 0) is 43.3 Å². The normalized spacial score (nSPS) is 10.5. The van der Waals surface area contributed by atoms with Crippen molar-refractivity contribution < 1.29 is 18.7 Å². The lowest BCUT2D eigenvalue weighted by atomic mass is 10.2. The Balaban J connectivity index is 1.56. The summed E-state index contributed by atoms with van der Waals surface area (Å²) in [6.07, 6.45) is 1.75. The predicted molar refractivity (Wildman–Crippen MR) is 95.7 cm³/mol. The second-order valence-electron chi connectivity index (χ2n) is 5.10. The summed E-state index contributed by atoms with van der Waals surface area (Å²) < 4.78 is 15.8. The Morgan fingerprint density at radius 2 is 2.00 bits per heavy atom. The third kappa shape index (κ3) is 5.06. The van der Waals surface area contributed by atoms with Crippen LogP contribution in [0.5, 0.6) is 5.75 Å². The Bertz CT molecular complexity index is 837. The average Bonchev–Trinajstić information content (AvgIpc) is 3.15. The Kier molecular flexibility index (Phi) is 6.21. The van der Waals surface area contributed by atoms with E-state index in [0.29, 0.717) is 29.2 Å². The number of ether oxygens (including phenoxy) is 2. The van der Waals surface area contributed by atoms with Gasteiger partial charge < -0.3 is 13.9 Å². The third-order valence-corrected chi connectivity index (χ3v) is 4.09. The molecule has 0 saturated carbocycles. The largest absolute Gasteiger partial charge is 0.482 e. The van der Waals surface area contributed by atoms with Crippen LogP contribution in [0.25, 0.3) is 11.5 Å². The minimum atomic E-state index is -0.400. The highest BCUT2D eigenvalue weighted by molar-refractivity contribution is 7.98. The first-order chi connectivity index (χ1) is 12.7. The van der Waals surface area contributed by atoms with Gasteiger partial charge in [0, 0.05) is 17.5 Å². The molecule has 2 heterocycles. The first-order valence-corrected chi connectivity index (χ1v) is 8.98. The number of thioether (sulfide) groups is 1. The van der Waals surface area contributed by atoms with E-state index in [0.717, 1.165) is 11.3 Å². The molecular formula is C18H17N3O4S. The number of aromatic nitrogens is 3. The van der Waals surface area contributed by atoms with Crippen molar-refractivity contribution in [3.8, 4) is 17.2 Å². The number of pyridine rings is 1. The van der Waals surface area contributed by atoms with Crippen molar-refractivity contribution in [2.45, 2.75) is 17.9 Å². The zero-order valence-corrected chi connectivity index (χ0v) is 14.9. The smallest absolute Gasteiger partial charge is 0.344 e. The fourth-order valence-electron chi connectivity index (χ4n) is 2.04. The summed E-state index contributed by atoms with van der Waals surface area (Å²) in [5.74, 6) is 1.24. The van der Waals surface area contributed by atoms with Crippen LogP contribution in [0.1, 0.15) is 12.6 Å². The fraction of sp³-hybridized carbons (Fsp3) is 0.222. The molecule has 0 fully saturated rings. The van der Waals surface area contributed by atoms with E-state index in [-0.39, 0.29) is 6.61 Å². The highest BCUT2D eigenvalue weighted by Gasteiger charge is 2.10. The number of esters is 1. The predicted octanol–water partition coefficient (Wildman–Crippen LogP) is 3.37. The van der Waals surface area contributed by atoms with E-state index in [9.17, 15) is 4.79 Å². The van der Waals surface area contributed by atoms with Gasteiger partial charge in [0.25, 0.3) is 5.22 Å². The highest BCUT2D eigenvalue weighted by atomic mass is 32.2. The van der Waals surface area contributed by atoms with Gasteiger partial charge in [0.2, 0.25) is 5.89 Å². The van der Waals surface area contributed by atoms with Crippen LogP contribution in [0.15, 0.2) is 58.3 Å². The van der Waals surface area contributed by atoms with Gasteiger partial charge in [-0.25, -0.2) is 4.79 Å². The molecule has 3 rings (SSSR count). The van der Waals surface area contributed by atoms with Gasteiger partial charge in [0.1, 0.15) is 5.75 Å². The lowest BCUT2D eigenvalue weighted by Crippen LogP contribution is -2.14. The maximum atomic E-state index is 11.3. The van der Waals surface area contributed by atoms with Gasteiger partial charge >= 0.3 is 5.97 Å². The van der Waals surface area contributed by atoms with Gasteiger partial charge in [0.15, 0.2) is 6.61 Å². The number of carbonyl (C=O) groups is 1. The van der Waals surface area contributed by atoms with Crippen LogP contribution in [0.2, 0.25) is 0 Å². The number of nitrogens with zero attached hydrogens (tertiary/aromatic N) is 3. The molecule has 0 aliphatic carbocycles. The van der Waals surface area contributed by atoms with Crippen molar-refractivity contribution in [3.05, 3.63) is 54.4 Å². The molecule has 0 aliphatic heterocycles. The Labute approximate surface area is 154 Å². The van der Waals surface area contributed by atoms with E-state index in [2.05, 4.69) is 15.2 Å². The number of hydrogen-bond acceptors (Lipinski definition) is 8. The summed E-state index contributed by atoms with van der Waals surface area (Å²) >= 11 is 1.43. The molecule has 0 spiro atoms. The minimum absolute atomic E-state index is 0.123. The molecule has 1 aromatic carbocycles. The molecule has 3 aromatic rings. The number of carbonyl (C=O) groups excluding carboxylic acids is 1. The summed E-state index contributed by atoms with van der Waals surface area (Å²) in [7, 11) is 0. The monoisotopic (exact) mass is 371 g/mol. The summed E-state index contributed by atoms with van der Waals surface area (Å²) in [6, 6.07) is 12.8. The average molecular weight is 371 g/mol. The SMILES string of the molecule is CCOC(=O)COc1ccc(-c2nnc(SCc3ccccn3)o2)cc1. The molecule has 8 heteroatoms. The minimum Gasteiger partial charge on any atom is -0.482 e. The lowest BCUT2D eigenvalue weighted by Gasteiger charge is -2.05. The maximum absolute atomic E-state index is 11.3. The van der Waals surface area contributed by atoms with E-state index < -0.39 is 5.97 Å². The Morgan fingerprint density at radius 3 is 2.73 bits per heavy atom. The molecule has 0 aliphatic rings. The van der Waals surface area contributed by atoms with Crippen LogP contribution < -0.4 is 4.74 Å². The topological polar surface area (TPSA) is 87.3 Å². The molecule has 0 amide bonds. The quantitative estimate of drug-likeness (QED) is 0.440. The van der Waals surface area contributed by atoms with Gasteiger partial charge in [-0.2, -0.15) is 0 Å². The second kappa shape index (κ2) is 9.00. The Hall–Kier alpha value is -2.87. The van der Waals surface area contributed by atoms with Gasteiger partial charge in [0.05, 0.1) is 12.3 Å². The summed E-state index contributed by atoms with van der Waals surface area (Å²) in [4.78, 5) is 15.5. The molecule has 0 radical (unpaired) electrons. The lowest BCUT2D eigenvalue weighted by molar-refractivity contribution is -0.145. The molecule has 0 N–H and O–H groups in total. The molecule has 0 bridgehead atoms. The van der Waals surface area contributed by atoms with Crippen LogP contribution >= 0.6 is 11.8 Å². The van der Waals surface area contributed by atoms with Crippen molar-refractivity contribution in [3.63, 3.8) is 0 Å². The van der Waals surface area contributed by atoms with Crippen LogP contribution in [0.4, 0.5) is 0 Å². The van der Waals surface area contributed by atoms with E-state index in [4.69, 9.17) is 13.9 Å². The van der Waals surface area contributed by atoms with Crippen molar-refractivity contribution in [2.75, 3.05) is 13.2 Å².